The van der Waals surface area contributed by atoms with Gasteiger partial charge in [0.05, 0.1) is 7.11 Å². The molecule has 8 heteroatoms. The first-order valence-electron chi connectivity index (χ1n) is 7.84. The van der Waals surface area contributed by atoms with Crippen molar-refractivity contribution in [2.45, 2.75) is 11.3 Å². The molecule has 1 aliphatic heterocycles. The van der Waals surface area contributed by atoms with E-state index < -0.39 is 10.0 Å². The zero-order valence-electron chi connectivity index (χ0n) is 13.8. The highest BCUT2D eigenvalue weighted by Gasteiger charge is 2.31. The second-order valence-electron chi connectivity index (χ2n) is 5.81. The number of amides is 1. The number of carbonyl (C=O) groups excluding carboxylic acids is 1. The lowest BCUT2D eigenvalue weighted by atomic mass is 10.1. The molecule has 1 fully saturated rings. The Hall–Kier alpha value is -2.45. The Morgan fingerprint density at radius 2 is 2.04 bits per heavy atom. The number of benzene rings is 1. The van der Waals surface area contributed by atoms with Crippen molar-refractivity contribution in [3.8, 4) is 5.75 Å². The number of nitrogens with zero attached hydrogens (tertiary/aromatic N) is 2. The van der Waals surface area contributed by atoms with Crippen LogP contribution in [-0.2, 0) is 14.8 Å². The van der Waals surface area contributed by atoms with Crippen LogP contribution >= 0.6 is 0 Å². The fourth-order valence-corrected chi connectivity index (χ4v) is 3.83. The van der Waals surface area contributed by atoms with Crippen molar-refractivity contribution in [2.75, 3.05) is 25.1 Å². The molecule has 1 atom stereocenters. The molecule has 0 spiro atoms. The third-order valence-corrected chi connectivity index (χ3v) is 5.50. The fraction of sp³-hybridized carbons (Fsp3) is 0.294. The van der Waals surface area contributed by atoms with Gasteiger partial charge < -0.3 is 9.64 Å². The number of aromatic nitrogens is 1. The van der Waals surface area contributed by atoms with E-state index in [1.165, 1.54) is 18.5 Å². The van der Waals surface area contributed by atoms with Gasteiger partial charge in [0.25, 0.3) is 0 Å². The van der Waals surface area contributed by atoms with Gasteiger partial charge in [0, 0.05) is 37.6 Å². The summed E-state index contributed by atoms with van der Waals surface area (Å²) in [6.45, 7) is 0.677. The number of sulfonamides is 1. The Labute approximate surface area is 146 Å². The van der Waals surface area contributed by atoms with Crippen LogP contribution in [-0.4, -0.2) is 39.5 Å². The molecule has 2 heterocycles. The second kappa shape index (κ2) is 7.20. The lowest BCUT2D eigenvalue weighted by Crippen LogP contribution is -2.31. The van der Waals surface area contributed by atoms with Crippen molar-refractivity contribution in [3.63, 3.8) is 0 Å². The number of rotatable bonds is 6. The first-order valence-corrected chi connectivity index (χ1v) is 9.32. The lowest BCUT2D eigenvalue weighted by molar-refractivity contribution is -0.117. The summed E-state index contributed by atoms with van der Waals surface area (Å²) in [4.78, 5) is 17.8. The summed E-state index contributed by atoms with van der Waals surface area (Å²) in [5.41, 5.74) is 0.781. The first-order chi connectivity index (χ1) is 12.0. The topological polar surface area (TPSA) is 88.6 Å². The molecule has 1 aromatic heterocycles. The van der Waals surface area contributed by atoms with E-state index in [0.717, 1.165) is 11.4 Å². The molecule has 1 saturated heterocycles. The van der Waals surface area contributed by atoms with Crippen LogP contribution in [0.4, 0.5) is 5.69 Å². The third-order valence-electron chi connectivity index (χ3n) is 4.10. The Morgan fingerprint density at radius 3 is 2.68 bits per heavy atom. The van der Waals surface area contributed by atoms with Crippen LogP contribution in [0.1, 0.15) is 6.42 Å². The number of anilines is 1. The van der Waals surface area contributed by atoms with Crippen LogP contribution < -0.4 is 14.4 Å². The zero-order valence-corrected chi connectivity index (χ0v) is 14.6. The van der Waals surface area contributed by atoms with Crippen LogP contribution in [0.5, 0.6) is 5.75 Å². The van der Waals surface area contributed by atoms with Crippen LogP contribution in [0.15, 0.2) is 53.7 Å². The molecule has 132 valence electrons. The van der Waals surface area contributed by atoms with E-state index in [-0.39, 0.29) is 23.3 Å². The van der Waals surface area contributed by atoms with Crippen molar-refractivity contribution in [3.05, 3.63) is 48.8 Å². The van der Waals surface area contributed by atoms with Gasteiger partial charge in [-0.2, -0.15) is 0 Å². The molecular formula is C17H19N3O4S. The van der Waals surface area contributed by atoms with E-state index in [9.17, 15) is 13.2 Å². The van der Waals surface area contributed by atoms with E-state index in [4.69, 9.17) is 4.74 Å². The number of methoxy groups -OCH3 is 1. The Morgan fingerprint density at radius 1 is 1.28 bits per heavy atom. The summed E-state index contributed by atoms with van der Waals surface area (Å²) in [7, 11) is -2.03. The molecule has 1 aromatic carbocycles. The molecule has 25 heavy (non-hydrogen) atoms. The number of ether oxygens (including phenoxy) is 1. The van der Waals surface area contributed by atoms with Gasteiger partial charge in [-0.1, -0.05) is 0 Å². The second-order valence-corrected chi connectivity index (χ2v) is 7.58. The number of nitrogens with one attached hydrogen (secondary N) is 1. The standard InChI is InChI=1S/C17H19N3O4S/c1-24-15-6-4-14(5-7-15)20-12-13(9-17(20)21)10-19-25(22,23)16-3-2-8-18-11-16/h2-8,11,13,19H,9-10,12H2,1H3/t13-/m1/s1. The summed E-state index contributed by atoms with van der Waals surface area (Å²) < 4.78 is 32.1. The molecule has 0 saturated carbocycles. The molecule has 2 aromatic rings. The Balaban J connectivity index is 1.63. The number of hydrogen-bond donors (Lipinski definition) is 1. The maximum Gasteiger partial charge on any atom is 0.242 e. The summed E-state index contributed by atoms with van der Waals surface area (Å²) >= 11 is 0. The average Bonchev–Trinajstić information content (AvgIpc) is 3.02. The van der Waals surface area contributed by atoms with Crippen molar-refractivity contribution >= 4 is 21.6 Å². The normalized spacial score (nSPS) is 17.7. The minimum absolute atomic E-state index is 0.0178. The quantitative estimate of drug-likeness (QED) is 0.841. The fourth-order valence-electron chi connectivity index (χ4n) is 2.75. The van der Waals surface area contributed by atoms with Gasteiger partial charge >= 0.3 is 0 Å². The first kappa shape index (κ1) is 17.4. The van der Waals surface area contributed by atoms with Crippen molar-refractivity contribution in [2.24, 2.45) is 5.92 Å². The highest BCUT2D eigenvalue weighted by Crippen LogP contribution is 2.26. The van der Waals surface area contributed by atoms with Gasteiger partial charge in [-0.15, -0.1) is 0 Å². The molecule has 0 unspecified atom stereocenters. The van der Waals surface area contributed by atoms with Gasteiger partial charge in [0.15, 0.2) is 0 Å². The van der Waals surface area contributed by atoms with E-state index in [2.05, 4.69) is 9.71 Å². The van der Waals surface area contributed by atoms with E-state index >= 15 is 0 Å². The van der Waals surface area contributed by atoms with E-state index in [1.807, 2.05) is 12.1 Å². The van der Waals surface area contributed by atoms with Crippen molar-refractivity contribution in [1.82, 2.24) is 9.71 Å². The Kier molecular flexibility index (Phi) is 5.00. The predicted octanol–water partition coefficient (Wildman–Crippen LogP) is 1.42. The number of pyridine rings is 1. The van der Waals surface area contributed by atoms with Crippen molar-refractivity contribution < 1.29 is 17.9 Å². The number of carbonyl (C=O) groups is 1. The Bertz CT molecular complexity index is 838. The van der Waals surface area contributed by atoms with Crippen LogP contribution in [0.2, 0.25) is 0 Å². The van der Waals surface area contributed by atoms with E-state index in [0.29, 0.717) is 13.0 Å². The van der Waals surface area contributed by atoms with Gasteiger partial charge in [-0.25, -0.2) is 13.1 Å². The average molecular weight is 361 g/mol. The third kappa shape index (κ3) is 3.97. The molecule has 1 aliphatic rings. The largest absolute Gasteiger partial charge is 0.497 e. The summed E-state index contributed by atoms with van der Waals surface area (Å²) in [6.07, 6.45) is 3.12. The maximum atomic E-state index is 12.2. The minimum atomic E-state index is -3.62. The molecule has 0 radical (unpaired) electrons. The van der Waals surface area contributed by atoms with Crippen LogP contribution in [0.3, 0.4) is 0 Å². The smallest absolute Gasteiger partial charge is 0.242 e. The molecule has 3 rings (SSSR count). The van der Waals surface area contributed by atoms with Gasteiger partial charge in [0.2, 0.25) is 15.9 Å². The van der Waals surface area contributed by atoms with Gasteiger partial charge in [0.1, 0.15) is 10.6 Å². The summed E-state index contributed by atoms with van der Waals surface area (Å²) in [5.74, 6) is 0.618. The molecule has 1 amide bonds. The molecular weight excluding hydrogens is 342 g/mol. The zero-order chi connectivity index (χ0) is 17.9. The van der Waals surface area contributed by atoms with Crippen LogP contribution in [0, 0.1) is 5.92 Å². The summed E-state index contributed by atoms with van der Waals surface area (Å²) in [5, 5.41) is 0. The highest BCUT2D eigenvalue weighted by atomic mass is 32.2. The van der Waals surface area contributed by atoms with Gasteiger partial charge in [-0.3, -0.25) is 9.78 Å². The SMILES string of the molecule is COc1ccc(N2C[C@@H](CNS(=O)(=O)c3cccnc3)CC2=O)cc1. The summed E-state index contributed by atoms with van der Waals surface area (Å²) in [6, 6.07) is 10.3. The van der Waals surface area contributed by atoms with Crippen molar-refractivity contribution in [1.29, 1.82) is 0 Å². The van der Waals surface area contributed by atoms with Gasteiger partial charge in [-0.05, 0) is 42.3 Å². The molecule has 0 bridgehead atoms. The molecule has 0 aliphatic carbocycles. The maximum absolute atomic E-state index is 12.2. The minimum Gasteiger partial charge on any atom is -0.497 e. The lowest BCUT2D eigenvalue weighted by Gasteiger charge is -2.17. The molecule has 1 N–H and O–H groups in total. The number of hydrogen-bond acceptors (Lipinski definition) is 5. The van der Waals surface area contributed by atoms with Crippen LogP contribution in [0.25, 0.3) is 0 Å². The molecule has 7 nitrogen and oxygen atoms in total. The highest BCUT2D eigenvalue weighted by molar-refractivity contribution is 7.89. The predicted molar refractivity (Wildman–Crippen MR) is 92.9 cm³/mol. The van der Waals surface area contributed by atoms with E-state index in [1.54, 1.807) is 30.2 Å². The monoisotopic (exact) mass is 361 g/mol.